The number of thiazole rings is 1. The Hall–Kier alpha value is -2.60. The molecule has 0 amide bonds. The minimum Gasteiger partial charge on any atom is -0.258 e. The van der Waals surface area contributed by atoms with E-state index in [1.165, 1.54) is 23.5 Å². The topological polar surface area (TPSA) is 68.9 Å². The first kappa shape index (κ1) is 12.4. The summed E-state index contributed by atoms with van der Waals surface area (Å²) in [4.78, 5) is 19.1. The molecule has 2 aromatic heterocycles. The van der Waals surface area contributed by atoms with Crippen LogP contribution in [0.1, 0.15) is 0 Å². The van der Waals surface area contributed by atoms with E-state index in [2.05, 4.69) is 9.97 Å². The van der Waals surface area contributed by atoms with E-state index in [4.69, 9.17) is 0 Å². The van der Waals surface area contributed by atoms with E-state index in [0.29, 0.717) is 0 Å². The van der Waals surface area contributed by atoms with Gasteiger partial charge in [0, 0.05) is 29.3 Å². The van der Waals surface area contributed by atoms with Crippen molar-refractivity contribution < 1.29 is 4.92 Å². The molecular weight excluding hydrogens is 274 g/mol. The zero-order chi connectivity index (χ0) is 13.9. The molecule has 0 aliphatic carbocycles. The number of rotatable bonds is 3. The van der Waals surface area contributed by atoms with Gasteiger partial charge in [0.25, 0.3) is 5.69 Å². The molecule has 0 saturated heterocycles. The molecular formula is C14H9N3O2S. The van der Waals surface area contributed by atoms with Crippen LogP contribution in [0.4, 0.5) is 5.69 Å². The van der Waals surface area contributed by atoms with E-state index in [0.717, 1.165) is 22.0 Å². The first-order valence-electron chi connectivity index (χ1n) is 5.86. The molecule has 0 bridgehead atoms. The van der Waals surface area contributed by atoms with Gasteiger partial charge in [0.15, 0.2) is 0 Å². The van der Waals surface area contributed by atoms with E-state index in [-0.39, 0.29) is 5.69 Å². The van der Waals surface area contributed by atoms with Crippen molar-refractivity contribution in [1.82, 2.24) is 9.97 Å². The molecule has 98 valence electrons. The van der Waals surface area contributed by atoms with Gasteiger partial charge in [0.05, 0.1) is 16.3 Å². The Morgan fingerprint density at radius 3 is 2.75 bits per heavy atom. The van der Waals surface area contributed by atoms with Gasteiger partial charge in [-0.3, -0.25) is 15.1 Å². The number of benzene rings is 1. The van der Waals surface area contributed by atoms with Crippen LogP contribution in [0, 0.1) is 10.1 Å². The zero-order valence-corrected chi connectivity index (χ0v) is 11.1. The van der Waals surface area contributed by atoms with E-state index in [9.17, 15) is 10.1 Å². The Kier molecular flexibility index (Phi) is 3.22. The van der Waals surface area contributed by atoms with Crippen molar-refractivity contribution in [2.75, 3.05) is 0 Å². The predicted octanol–water partition coefficient (Wildman–Crippen LogP) is 3.78. The molecule has 3 aromatic rings. The molecule has 0 atom stereocenters. The van der Waals surface area contributed by atoms with Gasteiger partial charge in [-0.15, -0.1) is 11.3 Å². The molecule has 6 heteroatoms. The fourth-order valence-electron chi connectivity index (χ4n) is 1.79. The maximum absolute atomic E-state index is 10.8. The molecule has 1 aromatic carbocycles. The van der Waals surface area contributed by atoms with Gasteiger partial charge in [-0.1, -0.05) is 18.2 Å². The lowest BCUT2D eigenvalue weighted by Crippen LogP contribution is -1.88. The van der Waals surface area contributed by atoms with Gasteiger partial charge in [-0.2, -0.15) is 0 Å². The Morgan fingerprint density at radius 1 is 1.10 bits per heavy atom. The standard InChI is InChI=1S/C14H9N3O2S/c18-17(19)11-5-3-4-10(8-11)13-9-20-14(16-13)12-6-1-2-7-15-12/h1-9H. The second-order valence-corrected chi connectivity index (χ2v) is 4.92. The lowest BCUT2D eigenvalue weighted by atomic mass is 10.1. The summed E-state index contributed by atoms with van der Waals surface area (Å²) in [6.07, 6.45) is 1.71. The number of pyridine rings is 1. The first-order chi connectivity index (χ1) is 9.74. The monoisotopic (exact) mass is 283 g/mol. The number of non-ortho nitro benzene ring substituents is 1. The minimum absolute atomic E-state index is 0.0647. The van der Waals surface area contributed by atoms with Gasteiger partial charge >= 0.3 is 0 Å². The van der Waals surface area contributed by atoms with Gasteiger partial charge in [-0.25, -0.2) is 4.98 Å². The van der Waals surface area contributed by atoms with Crippen LogP contribution in [0.5, 0.6) is 0 Å². The Balaban J connectivity index is 1.98. The third-order valence-corrected chi connectivity index (χ3v) is 3.61. The molecule has 2 heterocycles. The molecule has 0 unspecified atom stereocenters. The molecule has 0 radical (unpaired) electrons. The van der Waals surface area contributed by atoms with Crippen molar-refractivity contribution in [2.45, 2.75) is 0 Å². The van der Waals surface area contributed by atoms with E-state index in [1.807, 2.05) is 29.6 Å². The van der Waals surface area contributed by atoms with Crippen LogP contribution in [0.2, 0.25) is 0 Å². The third-order valence-electron chi connectivity index (χ3n) is 2.74. The summed E-state index contributed by atoms with van der Waals surface area (Å²) in [6.45, 7) is 0. The largest absolute Gasteiger partial charge is 0.270 e. The lowest BCUT2D eigenvalue weighted by molar-refractivity contribution is -0.384. The Labute approximate surface area is 118 Å². The third kappa shape index (κ3) is 2.41. The summed E-state index contributed by atoms with van der Waals surface area (Å²) >= 11 is 1.47. The Morgan fingerprint density at radius 2 is 2.00 bits per heavy atom. The highest BCUT2D eigenvalue weighted by atomic mass is 32.1. The minimum atomic E-state index is -0.407. The number of hydrogen-bond acceptors (Lipinski definition) is 5. The van der Waals surface area contributed by atoms with Crippen molar-refractivity contribution in [1.29, 1.82) is 0 Å². The number of aromatic nitrogens is 2. The van der Waals surface area contributed by atoms with E-state index < -0.39 is 4.92 Å². The molecule has 5 nitrogen and oxygen atoms in total. The first-order valence-corrected chi connectivity index (χ1v) is 6.74. The lowest BCUT2D eigenvalue weighted by Gasteiger charge is -1.97. The number of hydrogen-bond donors (Lipinski definition) is 0. The highest BCUT2D eigenvalue weighted by Crippen LogP contribution is 2.29. The van der Waals surface area contributed by atoms with Gasteiger partial charge in [0.1, 0.15) is 5.01 Å². The SMILES string of the molecule is O=[N+]([O-])c1cccc(-c2csc(-c3ccccn3)n2)c1. The smallest absolute Gasteiger partial charge is 0.258 e. The second kappa shape index (κ2) is 5.18. The number of nitrogens with zero attached hydrogens (tertiary/aromatic N) is 3. The van der Waals surface area contributed by atoms with Gasteiger partial charge in [0.2, 0.25) is 0 Å². The van der Waals surface area contributed by atoms with Crippen LogP contribution in [-0.4, -0.2) is 14.9 Å². The summed E-state index contributed by atoms with van der Waals surface area (Å²) in [5.74, 6) is 0. The molecule has 20 heavy (non-hydrogen) atoms. The summed E-state index contributed by atoms with van der Waals surface area (Å²) in [7, 11) is 0. The molecule has 0 aliphatic heterocycles. The van der Waals surface area contributed by atoms with Crippen LogP contribution in [-0.2, 0) is 0 Å². The van der Waals surface area contributed by atoms with Gasteiger partial charge < -0.3 is 0 Å². The normalized spacial score (nSPS) is 10.4. The highest BCUT2D eigenvalue weighted by molar-refractivity contribution is 7.13. The van der Waals surface area contributed by atoms with Crippen LogP contribution < -0.4 is 0 Å². The van der Waals surface area contributed by atoms with Crippen molar-refractivity contribution in [3.05, 3.63) is 64.2 Å². The van der Waals surface area contributed by atoms with E-state index in [1.54, 1.807) is 12.3 Å². The molecule has 0 spiro atoms. The molecule has 3 rings (SSSR count). The molecule has 0 aliphatic rings. The zero-order valence-electron chi connectivity index (χ0n) is 10.3. The summed E-state index contributed by atoms with van der Waals surface area (Å²) < 4.78 is 0. The van der Waals surface area contributed by atoms with Crippen LogP contribution in [0.15, 0.2) is 54.0 Å². The second-order valence-electron chi connectivity index (χ2n) is 4.06. The molecule has 0 fully saturated rings. The molecule has 0 N–H and O–H groups in total. The van der Waals surface area contributed by atoms with E-state index >= 15 is 0 Å². The summed E-state index contributed by atoms with van der Waals surface area (Å²) in [5, 5.41) is 13.5. The maximum atomic E-state index is 10.8. The summed E-state index contributed by atoms with van der Waals surface area (Å²) in [6, 6.07) is 12.1. The number of nitro groups is 1. The van der Waals surface area contributed by atoms with Gasteiger partial charge in [-0.05, 0) is 12.1 Å². The van der Waals surface area contributed by atoms with Crippen molar-refractivity contribution in [3.63, 3.8) is 0 Å². The quantitative estimate of drug-likeness (QED) is 0.542. The van der Waals surface area contributed by atoms with Crippen molar-refractivity contribution in [3.8, 4) is 22.0 Å². The predicted molar refractivity (Wildman–Crippen MR) is 77.4 cm³/mol. The number of nitro benzene ring substituents is 1. The Bertz CT molecular complexity index is 756. The van der Waals surface area contributed by atoms with Crippen LogP contribution in [0.3, 0.4) is 0 Å². The molecule has 0 saturated carbocycles. The fraction of sp³-hybridized carbons (Fsp3) is 0. The van der Waals surface area contributed by atoms with Crippen molar-refractivity contribution in [2.24, 2.45) is 0 Å². The highest BCUT2D eigenvalue weighted by Gasteiger charge is 2.11. The maximum Gasteiger partial charge on any atom is 0.270 e. The average Bonchev–Trinajstić information content (AvgIpc) is 2.98. The van der Waals surface area contributed by atoms with Crippen LogP contribution in [0.25, 0.3) is 22.0 Å². The fourth-order valence-corrected chi connectivity index (χ4v) is 2.60. The average molecular weight is 283 g/mol. The van der Waals surface area contributed by atoms with Crippen LogP contribution >= 0.6 is 11.3 Å². The summed E-state index contributed by atoms with van der Waals surface area (Å²) in [5.41, 5.74) is 2.32. The van der Waals surface area contributed by atoms with Crippen molar-refractivity contribution >= 4 is 17.0 Å².